The third kappa shape index (κ3) is 2.55. The van der Waals surface area contributed by atoms with Crippen molar-refractivity contribution in [1.82, 2.24) is 10.2 Å². The second-order valence-corrected chi connectivity index (χ2v) is 4.87. The molecule has 1 aliphatic heterocycles. The second kappa shape index (κ2) is 5.64. The average molecular weight is 228 g/mol. The predicted molar refractivity (Wildman–Crippen MR) is 64.0 cm³/mol. The van der Waals surface area contributed by atoms with Crippen LogP contribution in [0.5, 0.6) is 0 Å². The summed E-state index contributed by atoms with van der Waals surface area (Å²) in [6.07, 6.45) is 0.987. The molecule has 1 fully saturated rings. The molecule has 1 saturated heterocycles. The summed E-state index contributed by atoms with van der Waals surface area (Å²) in [7, 11) is 1.67. The fraction of sp³-hybridized carbons (Fsp3) is 0.917. The lowest BCUT2D eigenvalue weighted by atomic mass is 10.1. The smallest absolute Gasteiger partial charge is 0.241 e. The van der Waals surface area contributed by atoms with Gasteiger partial charge in [0.25, 0.3) is 0 Å². The Kier molecular flexibility index (Phi) is 4.74. The third-order valence-corrected chi connectivity index (χ3v) is 3.15. The number of carbonyl (C=O) groups excluding carboxylic acids is 1. The van der Waals surface area contributed by atoms with Gasteiger partial charge in [0, 0.05) is 7.11 Å². The Hall–Kier alpha value is -0.610. The highest BCUT2D eigenvalue weighted by Gasteiger charge is 2.41. The Morgan fingerprint density at radius 1 is 1.44 bits per heavy atom. The summed E-state index contributed by atoms with van der Waals surface area (Å²) in [6.45, 7) is 8.94. The summed E-state index contributed by atoms with van der Waals surface area (Å²) in [5.41, 5.74) is 0. The Morgan fingerprint density at radius 2 is 2.06 bits per heavy atom. The van der Waals surface area contributed by atoms with Crippen LogP contribution in [0.2, 0.25) is 0 Å². The molecule has 0 aromatic carbocycles. The molecule has 0 saturated carbocycles. The summed E-state index contributed by atoms with van der Waals surface area (Å²) in [6, 6.07) is 0.112. The van der Waals surface area contributed by atoms with Gasteiger partial charge in [0.05, 0.1) is 24.9 Å². The van der Waals surface area contributed by atoms with E-state index in [9.17, 15) is 4.79 Å². The highest BCUT2D eigenvalue weighted by molar-refractivity contribution is 5.84. The number of nitrogens with zero attached hydrogens (tertiary/aromatic N) is 1. The maximum absolute atomic E-state index is 12.2. The first-order chi connectivity index (χ1) is 7.52. The van der Waals surface area contributed by atoms with E-state index < -0.39 is 0 Å². The molecule has 1 heterocycles. The number of hydrogen-bond donors (Lipinski definition) is 1. The van der Waals surface area contributed by atoms with Crippen LogP contribution >= 0.6 is 0 Å². The molecule has 1 rings (SSSR count). The molecular formula is C12H24N2O2. The summed E-state index contributed by atoms with van der Waals surface area (Å²) in [5, 5.41) is 3.40. The average Bonchev–Trinajstić information content (AvgIpc) is 2.55. The normalized spacial score (nSPS) is 27.9. The molecule has 4 nitrogen and oxygen atoms in total. The number of rotatable bonds is 5. The van der Waals surface area contributed by atoms with Crippen molar-refractivity contribution in [2.24, 2.45) is 5.92 Å². The van der Waals surface area contributed by atoms with Crippen molar-refractivity contribution in [1.29, 1.82) is 0 Å². The number of ether oxygens (including phenoxy) is 1. The number of hydrogen-bond acceptors (Lipinski definition) is 3. The monoisotopic (exact) mass is 228 g/mol. The van der Waals surface area contributed by atoms with E-state index in [4.69, 9.17) is 4.74 Å². The molecule has 0 aromatic rings. The molecule has 0 aliphatic carbocycles. The highest BCUT2D eigenvalue weighted by atomic mass is 16.5. The fourth-order valence-electron chi connectivity index (χ4n) is 2.29. The van der Waals surface area contributed by atoms with Gasteiger partial charge in [-0.15, -0.1) is 0 Å². The minimum Gasteiger partial charge on any atom is -0.383 e. The number of methoxy groups -OCH3 is 1. The van der Waals surface area contributed by atoms with Crippen LogP contribution in [0.25, 0.3) is 0 Å². The van der Waals surface area contributed by atoms with Gasteiger partial charge < -0.3 is 9.64 Å². The van der Waals surface area contributed by atoms with Crippen molar-refractivity contribution in [3.05, 3.63) is 0 Å². The molecule has 3 atom stereocenters. The lowest BCUT2D eigenvalue weighted by Gasteiger charge is -2.32. The van der Waals surface area contributed by atoms with Gasteiger partial charge in [-0.2, -0.15) is 0 Å². The summed E-state index contributed by atoms with van der Waals surface area (Å²) >= 11 is 0. The van der Waals surface area contributed by atoms with Crippen LogP contribution in [0.1, 0.15) is 34.1 Å². The first-order valence-electron chi connectivity index (χ1n) is 6.10. The molecule has 0 radical (unpaired) electrons. The lowest BCUT2D eigenvalue weighted by molar-refractivity contribution is -0.133. The zero-order chi connectivity index (χ0) is 12.3. The number of carbonyl (C=O) groups is 1. The van der Waals surface area contributed by atoms with Crippen LogP contribution in [0.15, 0.2) is 0 Å². The molecule has 16 heavy (non-hydrogen) atoms. The van der Waals surface area contributed by atoms with E-state index in [1.54, 1.807) is 7.11 Å². The van der Waals surface area contributed by atoms with Gasteiger partial charge in [-0.3, -0.25) is 10.1 Å². The largest absolute Gasteiger partial charge is 0.383 e. The van der Waals surface area contributed by atoms with Gasteiger partial charge in [0.2, 0.25) is 5.91 Å². The zero-order valence-electron chi connectivity index (χ0n) is 11.0. The highest BCUT2D eigenvalue weighted by Crippen LogP contribution is 2.21. The van der Waals surface area contributed by atoms with Gasteiger partial charge in [-0.1, -0.05) is 20.8 Å². The van der Waals surface area contributed by atoms with Crippen molar-refractivity contribution >= 4 is 5.91 Å². The topological polar surface area (TPSA) is 41.6 Å². The van der Waals surface area contributed by atoms with Crippen molar-refractivity contribution in [2.75, 3.05) is 13.7 Å². The molecule has 0 aromatic heterocycles. The van der Waals surface area contributed by atoms with Crippen LogP contribution in [-0.2, 0) is 9.53 Å². The van der Waals surface area contributed by atoms with E-state index >= 15 is 0 Å². The minimum absolute atomic E-state index is 0.0216. The minimum atomic E-state index is -0.0216. The van der Waals surface area contributed by atoms with Crippen LogP contribution in [0.4, 0.5) is 0 Å². The number of nitrogens with one attached hydrogen (secondary N) is 1. The maximum Gasteiger partial charge on any atom is 0.241 e. The number of amides is 1. The summed E-state index contributed by atoms with van der Waals surface area (Å²) in [5.74, 6) is 0.630. The third-order valence-electron chi connectivity index (χ3n) is 3.15. The second-order valence-electron chi connectivity index (χ2n) is 4.87. The van der Waals surface area contributed by atoms with Crippen LogP contribution < -0.4 is 5.32 Å². The van der Waals surface area contributed by atoms with Crippen molar-refractivity contribution < 1.29 is 9.53 Å². The Morgan fingerprint density at radius 3 is 2.50 bits per heavy atom. The van der Waals surface area contributed by atoms with E-state index in [-0.39, 0.29) is 24.2 Å². The first-order valence-corrected chi connectivity index (χ1v) is 6.10. The molecular weight excluding hydrogens is 204 g/mol. The van der Waals surface area contributed by atoms with E-state index in [0.717, 1.165) is 6.42 Å². The standard InChI is InChI=1S/C12H24N2O2/c1-6-10-12(15)14(9(4)7-16-5)11(13-10)8(2)3/h8-11,13H,6-7H2,1-5H3. The van der Waals surface area contributed by atoms with Crippen LogP contribution in [-0.4, -0.2) is 42.8 Å². The van der Waals surface area contributed by atoms with Gasteiger partial charge in [-0.05, 0) is 19.3 Å². The van der Waals surface area contributed by atoms with Crippen molar-refractivity contribution in [2.45, 2.75) is 52.4 Å². The van der Waals surface area contributed by atoms with Crippen LogP contribution in [0.3, 0.4) is 0 Å². The maximum atomic E-state index is 12.2. The molecule has 1 aliphatic rings. The van der Waals surface area contributed by atoms with Gasteiger partial charge in [0.15, 0.2) is 0 Å². The molecule has 4 heteroatoms. The summed E-state index contributed by atoms with van der Waals surface area (Å²) < 4.78 is 5.14. The molecule has 1 amide bonds. The predicted octanol–water partition coefficient (Wildman–Crippen LogP) is 1.21. The van der Waals surface area contributed by atoms with E-state index in [1.807, 2.05) is 18.7 Å². The molecule has 3 unspecified atom stereocenters. The molecule has 0 spiro atoms. The molecule has 1 N–H and O–H groups in total. The SMILES string of the molecule is CCC1NC(C(C)C)N(C(C)COC)C1=O. The Bertz CT molecular complexity index is 243. The van der Waals surface area contributed by atoms with E-state index in [2.05, 4.69) is 19.2 Å². The van der Waals surface area contributed by atoms with Crippen molar-refractivity contribution in [3.8, 4) is 0 Å². The van der Waals surface area contributed by atoms with Gasteiger partial charge >= 0.3 is 0 Å². The molecule has 0 bridgehead atoms. The van der Waals surface area contributed by atoms with Crippen molar-refractivity contribution in [3.63, 3.8) is 0 Å². The summed E-state index contributed by atoms with van der Waals surface area (Å²) in [4.78, 5) is 14.1. The Balaban J connectivity index is 2.80. The fourth-order valence-corrected chi connectivity index (χ4v) is 2.29. The Labute approximate surface area is 98.3 Å². The quantitative estimate of drug-likeness (QED) is 0.769. The molecule has 94 valence electrons. The van der Waals surface area contributed by atoms with Gasteiger partial charge in [-0.25, -0.2) is 0 Å². The van der Waals surface area contributed by atoms with E-state index in [0.29, 0.717) is 12.5 Å². The van der Waals surface area contributed by atoms with Gasteiger partial charge in [0.1, 0.15) is 0 Å². The zero-order valence-corrected chi connectivity index (χ0v) is 11.0. The van der Waals surface area contributed by atoms with E-state index in [1.165, 1.54) is 0 Å². The lowest BCUT2D eigenvalue weighted by Crippen LogP contribution is -2.47. The first kappa shape index (κ1) is 13.5. The van der Waals surface area contributed by atoms with Crippen LogP contribution in [0, 0.1) is 5.92 Å².